The molecule has 3 aromatic rings. The first-order chi connectivity index (χ1) is 13.2. The van der Waals surface area contributed by atoms with Crippen LogP contribution in [0.4, 0.5) is 11.7 Å². The molecule has 27 heavy (non-hydrogen) atoms. The third-order valence-electron chi connectivity index (χ3n) is 3.74. The molecule has 0 saturated heterocycles. The van der Waals surface area contributed by atoms with Gasteiger partial charge in [0, 0.05) is 0 Å². The summed E-state index contributed by atoms with van der Waals surface area (Å²) in [4.78, 5) is 16.4. The van der Waals surface area contributed by atoms with Crippen LogP contribution in [0, 0.1) is 0 Å². The van der Waals surface area contributed by atoms with Gasteiger partial charge in [0.15, 0.2) is 0 Å². The number of methoxy groups -OCH3 is 2. The predicted molar refractivity (Wildman–Crippen MR) is 98.5 cm³/mol. The first-order valence-electron chi connectivity index (χ1n) is 8.25. The molecular weight excluding hydrogens is 350 g/mol. The number of hydrogen-bond acceptors (Lipinski definition) is 8. The van der Waals surface area contributed by atoms with E-state index in [2.05, 4.69) is 15.5 Å². The van der Waals surface area contributed by atoms with Crippen LogP contribution in [-0.4, -0.2) is 36.9 Å². The van der Waals surface area contributed by atoms with Gasteiger partial charge in [-0.15, -0.1) is 0 Å². The van der Waals surface area contributed by atoms with E-state index in [4.69, 9.17) is 18.7 Å². The average molecular weight is 369 g/mol. The molecule has 0 bridgehead atoms. The maximum atomic E-state index is 12.1. The summed E-state index contributed by atoms with van der Waals surface area (Å²) in [5.74, 6) is 1.10. The van der Waals surface area contributed by atoms with Gasteiger partial charge in [-0.25, -0.2) is 4.79 Å². The second-order valence-corrected chi connectivity index (χ2v) is 5.38. The van der Waals surface area contributed by atoms with E-state index in [9.17, 15) is 4.79 Å². The molecule has 0 aliphatic carbocycles. The molecule has 0 aliphatic heterocycles. The summed E-state index contributed by atoms with van der Waals surface area (Å²) >= 11 is 0. The molecule has 0 atom stereocenters. The maximum absolute atomic E-state index is 12.1. The number of rotatable bonds is 7. The highest BCUT2D eigenvalue weighted by Crippen LogP contribution is 2.32. The summed E-state index contributed by atoms with van der Waals surface area (Å²) in [6, 6.07) is 12.3. The van der Waals surface area contributed by atoms with E-state index >= 15 is 0 Å². The van der Waals surface area contributed by atoms with E-state index in [1.165, 1.54) is 0 Å². The van der Waals surface area contributed by atoms with Gasteiger partial charge in [-0.05, 0) is 37.3 Å². The third kappa shape index (κ3) is 4.00. The minimum Gasteiger partial charge on any atom is -0.497 e. The van der Waals surface area contributed by atoms with Gasteiger partial charge in [-0.1, -0.05) is 17.3 Å². The normalized spacial score (nSPS) is 10.3. The Kier molecular flexibility index (Phi) is 5.55. The van der Waals surface area contributed by atoms with E-state index in [0.717, 1.165) is 0 Å². The molecule has 0 spiro atoms. The minimum atomic E-state index is -0.435. The average Bonchev–Trinajstić information content (AvgIpc) is 3.16. The third-order valence-corrected chi connectivity index (χ3v) is 3.74. The molecule has 0 aliphatic rings. The first kappa shape index (κ1) is 18.2. The Morgan fingerprint density at radius 1 is 1.15 bits per heavy atom. The molecule has 0 radical (unpaired) electrons. The molecule has 0 amide bonds. The number of para-hydroxylation sites is 1. The van der Waals surface area contributed by atoms with Gasteiger partial charge >= 0.3 is 12.0 Å². The fourth-order valence-corrected chi connectivity index (χ4v) is 2.47. The van der Waals surface area contributed by atoms with Crippen molar-refractivity contribution in [3.05, 3.63) is 48.0 Å². The highest BCUT2D eigenvalue weighted by Gasteiger charge is 2.17. The minimum absolute atomic E-state index is 0.131. The number of hydrogen-bond donors (Lipinski definition) is 1. The Morgan fingerprint density at radius 3 is 2.70 bits per heavy atom. The van der Waals surface area contributed by atoms with Crippen LogP contribution in [0.2, 0.25) is 0 Å². The van der Waals surface area contributed by atoms with Crippen molar-refractivity contribution in [1.82, 2.24) is 10.1 Å². The van der Waals surface area contributed by atoms with Gasteiger partial charge in [0.1, 0.15) is 11.5 Å². The fourth-order valence-electron chi connectivity index (χ4n) is 2.47. The van der Waals surface area contributed by atoms with Gasteiger partial charge < -0.3 is 24.1 Å². The molecule has 3 rings (SSSR count). The number of anilines is 2. The zero-order valence-corrected chi connectivity index (χ0v) is 15.2. The predicted octanol–water partition coefficient (Wildman–Crippen LogP) is 3.67. The van der Waals surface area contributed by atoms with Crippen LogP contribution in [-0.2, 0) is 4.74 Å². The first-order valence-corrected chi connectivity index (χ1v) is 8.25. The Morgan fingerprint density at radius 2 is 1.96 bits per heavy atom. The molecule has 0 fully saturated rings. The Hall–Kier alpha value is -3.55. The van der Waals surface area contributed by atoms with Crippen LogP contribution in [0.1, 0.15) is 17.3 Å². The molecule has 0 unspecified atom stereocenters. The van der Waals surface area contributed by atoms with Crippen LogP contribution >= 0.6 is 0 Å². The van der Waals surface area contributed by atoms with Crippen molar-refractivity contribution in [3.63, 3.8) is 0 Å². The van der Waals surface area contributed by atoms with Gasteiger partial charge in [0.05, 0.1) is 37.6 Å². The summed E-state index contributed by atoms with van der Waals surface area (Å²) in [5.41, 5.74) is 1.49. The van der Waals surface area contributed by atoms with Crippen molar-refractivity contribution in [2.45, 2.75) is 6.92 Å². The SMILES string of the molecule is CCOC(=O)c1ccccc1Nc1nc(-c2cc(OC)ccc2OC)no1. The van der Waals surface area contributed by atoms with Crippen molar-refractivity contribution < 1.29 is 23.5 Å². The molecule has 1 N–H and O–H groups in total. The van der Waals surface area contributed by atoms with Crippen molar-refractivity contribution in [3.8, 4) is 22.9 Å². The van der Waals surface area contributed by atoms with Gasteiger partial charge in [-0.2, -0.15) is 4.98 Å². The van der Waals surface area contributed by atoms with Crippen LogP contribution in [0.3, 0.4) is 0 Å². The molecule has 140 valence electrons. The van der Waals surface area contributed by atoms with E-state index in [1.807, 2.05) is 0 Å². The number of esters is 1. The van der Waals surface area contributed by atoms with Gasteiger partial charge in [0.2, 0.25) is 5.82 Å². The molecule has 8 heteroatoms. The number of benzene rings is 2. The highest BCUT2D eigenvalue weighted by atomic mass is 16.5. The van der Waals surface area contributed by atoms with E-state index in [0.29, 0.717) is 34.1 Å². The Bertz CT molecular complexity index is 939. The van der Waals surface area contributed by atoms with Crippen LogP contribution in [0.15, 0.2) is 47.0 Å². The van der Waals surface area contributed by atoms with E-state index in [-0.39, 0.29) is 12.6 Å². The monoisotopic (exact) mass is 369 g/mol. The second-order valence-electron chi connectivity index (χ2n) is 5.38. The molecular formula is C19H19N3O5. The zero-order chi connectivity index (χ0) is 19.2. The second kappa shape index (κ2) is 8.22. The lowest BCUT2D eigenvalue weighted by atomic mass is 10.2. The number of carbonyl (C=O) groups is 1. The lowest BCUT2D eigenvalue weighted by Crippen LogP contribution is -2.07. The standard InChI is InChI=1S/C19H19N3O5/c1-4-26-18(23)13-7-5-6-8-15(13)20-19-21-17(22-27-19)14-11-12(24-2)9-10-16(14)25-3/h5-11H,4H2,1-3H3,(H,20,21,22). The topological polar surface area (TPSA) is 95.7 Å². The van der Waals surface area contributed by atoms with E-state index in [1.54, 1.807) is 63.6 Å². The van der Waals surface area contributed by atoms with Crippen LogP contribution in [0.25, 0.3) is 11.4 Å². The summed E-state index contributed by atoms with van der Waals surface area (Å²) in [6.45, 7) is 2.03. The number of nitrogens with one attached hydrogen (secondary N) is 1. The largest absolute Gasteiger partial charge is 0.497 e. The van der Waals surface area contributed by atoms with E-state index < -0.39 is 5.97 Å². The van der Waals surface area contributed by atoms with Gasteiger partial charge in [0.25, 0.3) is 0 Å². The Labute approximate surface area is 156 Å². The van der Waals surface area contributed by atoms with Crippen molar-refractivity contribution in [2.75, 3.05) is 26.1 Å². The molecule has 2 aromatic carbocycles. The van der Waals surface area contributed by atoms with Crippen molar-refractivity contribution >= 4 is 17.7 Å². The summed E-state index contributed by atoms with van der Waals surface area (Å²) in [6.07, 6.45) is 0. The Balaban J connectivity index is 1.89. The fraction of sp³-hybridized carbons (Fsp3) is 0.211. The van der Waals surface area contributed by atoms with Crippen LogP contribution < -0.4 is 14.8 Å². The smallest absolute Gasteiger partial charge is 0.340 e. The number of aromatic nitrogens is 2. The molecule has 1 aromatic heterocycles. The summed E-state index contributed by atoms with van der Waals surface area (Å²) in [7, 11) is 3.13. The number of nitrogens with zero attached hydrogens (tertiary/aromatic N) is 2. The summed E-state index contributed by atoms with van der Waals surface area (Å²) < 4.78 is 20.9. The summed E-state index contributed by atoms with van der Waals surface area (Å²) in [5, 5.41) is 6.93. The molecule has 0 saturated carbocycles. The maximum Gasteiger partial charge on any atom is 0.340 e. The molecule has 1 heterocycles. The lowest BCUT2D eigenvalue weighted by molar-refractivity contribution is 0.0527. The molecule has 8 nitrogen and oxygen atoms in total. The zero-order valence-electron chi connectivity index (χ0n) is 15.2. The van der Waals surface area contributed by atoms with Gasteiger partial charge in [-0.3, -0.25) is 0 Å². The number of carbonyl (C=O) groups excluding carboxylic acids is 1. The van der Waals surface area contributed by atoms with Crippen molar-refractivity contribution in [2.24, 2.45) is 0 Å². The lowest BCUT2D eigenvalue weighted by Gasteiger charge is -2.08. The highest BCUT2D eigenvalue weighted by molar-refractivity contribution is 5.96. The van der Waals surface area contributed by atoms with Crippen molar-refractivity contribution in [1.29, 1.82) is 0 Å². The quantitative estimate of drug-likeness (QED) is 0.630. The van der Waals surface area contributed by atoms with Crippen LogP contribution in [0.5, 0.6) is 11.5 Å². The number of ether oxygens (including phenoxy) is 3.